The van der Waals surface area contributed by atoms with Gasteiger partial charge in [-0.3, -0.25) is 4.79 Å². The second-order valence-electron chi connectivity index (χ2n) is 9.07. The van der Waals surface area contributed by atoms with Crippen LogP contribution in [0, 0.1) is 39.0 Å². The van der Waals surface area contributed by atoms with Crippen molar-refractivity contribution < 1.29 is 23.6 Å². The largest absolute Gasteiger partial charge is 0.488 e. The number of ether oxygens (including phenoxy) is 2. The highest BCUT2D eigenvalue weighted by Gasteiger charge is 2.27. The third-order valence-corrected chi connectivity index (χ3v) is 6.81. The Bertz CT molecular complexity index is 1310. The summed E-state index contributed by atoms with van der Waals surface area (Å²) in [6.45, 7) is 7.15. The molecule has 0 spiro atoms. The highest BCUT2D eigenvalue weighted by Crippen LogP contribution is 2.37. The van der Waals surface area contributed by atoms with Crippen LogP contribution in [-0.4, -0.2) is 28.2 Å². The lowest BCUT2D eigenvalue weighted by atomic mass is 10.2. The van der Waals surface area contributed by atoms with Gasteiger partial charge in [-0.1, -0.05) is 30.1 Å². The summed E-state index contributed by atoms with van der Waals surface area (Å²) < 4.78 is 18.4. The summed E-state index contributed by atoms with van der Waals surface area (Å²) in [5.74, 6) is 0.262. The van der Waals surface area contributed by atoms with E-state index in [-0.39, 0.29) is 18.2 Å². The van der Waals surface area contributed by atoms with Crippen molar-refractivity contribution in [1.82, 2.24) is 9.72 Å². The first-order valence-corrected chi connectivity index (χ1v) is 12.0. The molecule has 9 nitrogen and oxygen atoms in total. The molecule has 0 atom stereocenters. The average Bonchev–Trinajstić information content (AvgIpc) is 3.56. The molecule has 2 heterocycles. The molecule has 0 saturated heterocycles. The zero-order valence-electron chi connectivity index (χ0n) is 21.0. The molecule has 188 valence electrons. The number of nitrogens with zero attached hydrogens (tertiary/aromatic N) is 3. The molecule has 0 bridgehead atoms. The first kappa shape index (κ1) is 25.0. The molecule has 0 unspecified atom stereocenters. The van der Waals surface area contributed by atoms with Crippen molar-refractivity contribution in [2.45, 2.75) is 66.0 Å². The van der Waals surface area contributed by atoms with Crippen LogP contribution in [0.25, 0.3) is 0 Å². The monoisotopic (exact) mass is 490 g/mol. The zero-order chi connectivity index (χ0) is 25.8. The first-order valence-electron chi connectivity index (χ1n) is 12.0. The lowest BCUT2D eigenvalue weighted by Crippen LogP contribution is -2.24. The lowest BCUT2D eigenvalue weighted by Gasteiger charge is -2.19. The maximum atomic E-state index is 12.8. The van der Waals surface area contributed by atoms with Crippen molar-refractivity contribution in [2.75, 3.05) is 11.9 Å². The molecular formula is C27H30N4O5. The van der Waals surface area contributed by atoms with Crippen molar-refractivity contribution >= 4 is 17.7 Å². The number of hydrogen-bond donors (Lipinski definition) is 1. The topological polar surface area (TPSA) is 119 Å². The summed E-state index contributed by atoms with van der Waals surface area (Å²) in [5, 5.41) is 16.4. The third kappa shape index (κ3) is 4.98. The van der Waals surface area contributed by atoms with Gasteiger partial charge in [-0.2, -0.15) is 5.26 Å². The van der Waals surface area contributed by atoms with Gasteiger partial charge < -0.3 is 23.9 Å². The van der Waals surface area contributed by atoms with E-state index in [1.54, 1.807) is 31.2 Å². The maximum Gasteiger partial charge on any atom is 0.342 e. The Balaban J connectivity index is 1.43. The van der Waals surface area contributed by atoms with E-state index in [0.717, 1.165) is 42.5 Å². The number of aryl methyl sites for hydroxylation is 2. The van der Waals surface area contributed by atoms with Crippen molar-refractivity contribution in [3.63, 3.8) is 0 Å². The van der Waals surface area contributed by atoms with Gasteiger partial charge >= 0.3 is 5.97 Å². The van der Waals surface area contributed by atoms with E-state index >= 15 is 0 Å². The fourth-order valence-corrected chi connectivity index (χ4v) is 4.70. The number of anilines is 1. The van der Waals surface area contributed by atoms with E-state index in [1.807, 2.05) is 20.8 Å². The molecule has 36 heavy (non-hydrogen) atoms. The number of esters is 1. The molecule has 9 heteroatoms. The third-order valence-electron chi connectivity index (χ3n) is 6.81. The smallest absolute Gasteiger partial charge is 0.342 e. The maximum absolute atomic E-state index is 12.8. The highest BCUT2D eigenvalue weighted by atomic mass is 16.5. The fraction of sp³-hybridized carbons (Fsp3) is 0.407. The van der Waals surface area contributed by atoms with Gasteiger partial charge in [-0.05, 0) is 58.2 Å². The van der Waals surface area contributed by atoms with Crippen molar-refractivity contribution in [2.24, 2.45) is 0 Å². The standard InChI is InChI=1S/C27H30N4O5/c1-16-18(3)31(20-9-5-6-10-20)26(22(16)13-28)29-25(32)15-35-27(33)21-11-7-8-12-24(21)34-14-23-17(2)30-36-19(23)4/h7-8,11-12,20H,5-6,9-10,14-15H2,1-4H3,(H,29,32). The fourth-order valence-electron chi connectivity index (χ4n) is 4.70. The molecule has 1 aromatic carbocycles. The average molecular weight is 491 g/mol. The molecule has 1 saturated carbocycles. The Morgan fingerprint density at radius 1 is 1.19 bits per heavy atom. The minimum Gasteiger partial charge on any atom is -0.488 e. The Morgan fingerprint density at radius 3 is 2.58 bits per heavy atom. The van der Waals surface area contributed by atoms with Crippen LogP contribution in [0.1, 0.15) is 75.9 Å². The van der Waals surface area contributed by atoms with Crippen LogP contribution in [0.5, 0.6) is 5.75 Å². The predicted molar refractivity (Wildman–Crippen MR) is 132 cm³/mol. The second kappa shape index (κ2) is 10.7. The molecule has 2 aromatic heterocycles. The highest BCUT2D eigenvalue weighted by molar-refractivity contribution is 5.97. The van der Waals surface area contributed by atoms with Gasteiger partial charge in [-0.15, -0.1) is 0 Å². The number of nitriles is 1. The zero-order valence-corrected chi connectivity index (χ0v) is 21.0. The quantitative estimate of drug-likeness (QED) is 0.438. The van der Waals surface area contributed by atoms with Crippen LogP contribution < -0.4 is 10.1 Å². The van der Waals surface area contributed by atoms with Crippen molar-refractivity contribution in [1.29, 1.82) is 5.26 Å². The summed E-state index contributed by atoms with van der Waals surface area (Å²) in [7, 11) is 0. The molecule has 1 aliphatic rings. The summed E-state index contributed by atoms with van der Waals surface area (Å²) in [6, 6.07) is 9.14. The minimum atomic E-state index is -0.682. The number of para-hydroxylation sites is 1. The van der Waals surface area contributed by atoms with E-state index in [1.165, 1.54) is 0 Å². The van der Waals surface area contributed by atoms with Gasteiger partial charge in [0, 0.05) is 11.7 Å². The predicted octanol–water partition coefficient (Wildman–Crippen LogP) is 5.07. The number of benzene rings is 1. The number of hydrogen-bond acceptors (Lipinski definition) is 7. The number of rotatable bonds is 8. The molecule has 1 amide bonds. The number of nitrogens with one attached hydrogen (secondary N) is 1. The molecule has 3 aromatic rings. The van der Waals surface area contributed by atoms with Gasteiger partial charge in [0.2, 0.25) is 0 Å². The number of aromatic nitrogens is 2. The molecular weight excluding hydrogens is 460 g/mol. The summed E-state index contributed by atoms with van der Waals surface area (Å²) in [6.07, 6.45) is 4.24. The van der Waals surface area contributed by atoms with Gasteiger partial charge in [-0.25, -0.2) is 4.79 Å². The lowest BCUT2D eigenvalue weighted by molar-refractivity contribution is -0.119. The Kier molecular flexibility index (Phi) is 7.44. The van der Waals surface area contributed by atoms with E-state index in [2.05, 4.69) is 21.1 Å². The van der Waals surface area contributed by atoms with Crippen molar-refractivity contribution in [3.05, 3.63) is 63.7 Å². The van der Waals surface area contributed by atoms with E-state index in [9.17, 15) is 14.9 Å². The van der Waals surface area contributed by atoms with Gasteiger partial charge in [0.15, 0.2) is 6.61 Å². The minimum absolute atomic E-state index is 0.180. The molecule has 1 fully saturated rings. The van der Waals surface area contributed by atoms with E-state index in [4.69, 9.17) is 14.0 Å². The van der Waals surface area contributed by atoms with Crippen molar-refractivity contribution in [3.8, 4) is 11.8 Å². The Hall–Kier alpha value is -4.06. The van der Waals surface area contributed by atoms with Crippen LogP contribution in [0.15, 0.2) is 28.8 Å². The van der Waals surface area contributed by atoms with Crippen LogP contribution >= 0.6 is 0 Å². The van der Waals surface area contributed by atoms with Gasteiger partial charge in [0.05, 0.1) is 16.8 Å². The van der Waals surface area contributed by atoms with Crippen LogP contribution in [-0.2, 0) is 16.1 Å². The Labute approximate surface area is 210 Å². The Morgan fingerprint density at radius 2 is 1.92 bits per heavy atom. The van der Waals surface area contributed by atoms with Crippen LogP contribution in [0.2, 0.25) is 0 Å². The van der Waals surface area contributed by atoms with E-state index in [0.29, 0.717) is 28.6 Å². The van der Waals surface area contributed by atoms with Crippen LogP contribution in [0.3, 0.4) is 0 Å². The summed E-state index contributed by atoms with van der Waals surface area (Å²) >= 11 is 0. The molecule has 4 rings (SSSR count). The SMILES string of the molecule is Cc1noc(C)c1COc1ccccc1C(=O)OCC(=O)Nc1c(C#N)c(C)c(C)n1C1CCCC1. The summed E-state index contributed by atoms with van der Waals surface area (Å²) in [4.78, 5) is 25.6. The number of carbonyl (C=O) groups is 2. The van der Waals surface area contributed by atoms with E-state index < -0.39 is 18.5 Å². The number of amides is 1. The molecule has 0 radical (unpaired) electrons. The molecule has 1 aliphatic carbocycles. The molecule has 0 aliphatic heterocycles. The summed E-state index contributed by atoms with van der Waals surface area (Å²) in [5.41, 5.74) is 3.99. The van der Waals surface area contributed by atoms with Gasteiger partial charge in [0.1, 0.15) is 35.6 Å². The number of carbonyl (C=O) groups excluding carboxylic acids is 2. The molecule has 1 N–H and O–H groups in total. The second-order valence-corrected chi connectivity index (χ2v) is 9.07. The van der Waals surface area contributed by atoms with Crippen LogP contribution in [0.4, 0.5) is 5.82 Å². The normalized spacial score (nSPS) is 13.4. The van der Waals surface area contributed by atoms with Gasteiger partial charge in [0.25, 0.3) is 5.91 Å². The first-order chi connectivity index (χ1) is 17.3.